The van der Waals surface area contributed by atoms with Gasteiger partial charge in [-0.3, -0.25) is 14.9 Å². The van der Waals surface area contributed by atoms with Gasteiger partial charge in [-0.15, -0.1) is 11.3 Å². The molecule has 1 aromatic heterocycles. The molecule has 1 aliphatic rings. The lowest BCUT2D eigenvalue weighted by molar-refractivity contribution is -0.385. The number of anilines is 1. The van der Waals surface area contributed by atoms with Crippen LogP contribution in [0.2, 0.25) is 0 Å². The van der Waals surface area contributed by atoms with Crippen LogP contribution >= 0.6 is 11.3 Å². The third-order valence-corrected chi connectivity index (χ3v) is 6.12. The number of thiophene rings is 1. The summed E-state index contributed by atoms with van der Waals surface area (Å²) in [7, 11) is 0. The molecule has 1 amide bonds. The summed E-state index contributed by atoms with van der Waals surface area (Å²) in [6.45, 7) is 7.34. The van der Waals surface area contributed by atoms with Crippen LogP contribution in [0.15, 0.2) is 18.2 Å². The molecule has 7 nitrogen and oxygen atoms in total. The smallest absolute Gasteiger partial charge is 0.341 e. The number of ether oxygens (including phenoxy) is 1. The number of aryl methyl sites for hydroxylation is 1. The van der Waals surface area contributed by atoms with Crippen LogP contribution < -0.4 is 5.32 Å². The second-order valence-corrected chi connectivity index (χ2v) is 8.83. The Bertz CT molecular complexity index is 980. The van der Waals surface area contributed by atoms with Crippen LogP contribution in [-0.4, -0.2) is 22.9 Å². The Morgan fingerprint density at radius 3 is 2.72 bits per heavy atom. The molecule has 2 aromatic rings. The van der Waals surface area contributed by atoms with Crippen LogP contribution in [0.25, 0.3) is 0 Å². The summed E-state index contributed by atoms with van der Waals surface area (Å²) in [5, 5.41) is 14.4. The molecule has 0 saturated heterocycles. The minimum absolute atomic E-state index is 0.114. The van der Waals surface area contributed by atoms with Gasteiger partial charge in [-0.25, -0.2) is 4.79 Å². The molecular weight excluding hydrogens is 392 g/mol. The van der Waals surface area contributed by atoms with Crippen LogP contribution in [0, 0.1) is 23.0 Å². The zero-order valence-electron chi connectivity index (χ0n) is 16.9. The van der Waals surface area contributed by atoms with E-state index in [0.29, 0.717) is 22.0 Å². The Balaban J connectivity index is 1.96. The predicted molar refractivity (Wildman–Crippen MR) is 112 cm³/mol. The first-order valence-electron chi connectivity index (χ1n) is 9.59. The topological polar surface area (TPSA) is 98.5 Å². The SMILES string of the molecule is Cc1ccc(C(=O)Nc2sc3c(c2C(=O)OC(C)C)CCC(C)C3)cc1[N+](=O)[O-]. The lowest BCUT2D eigenvalue weighted by atomic mass is 9.88. The van der Waals surface area contributed by atoms with E-state index in [1.165, 1.54) is 17.4 Å². The minimum Gasteiger partial charge on any atom is -0.459 e. The fourth-order valence-electron chi connectivity index (χ4n) is 3.45. The molecule has 1 aliphatic carbocycles. The molecule has 0 spiro atoms. The molecule has 8 heteroatoms. The molecule has 0 bridgehead atoms. The number of carbonyl (C=O) groups is 2. The number of fused-ring (bicyclic) bond motifs is 1. The van der Waals surface area contributed by atoms with Crippen molar-refractivity contribution in [2.45, 2.75) is 53.1 Å². The largest absolute Gasteiger partial charge is 0.459 e. The summed E-state index contributed by atoms with van der Waals surface area (Å²) in [5.41, 5.74) is 1.90. The van der Waals surface area contributed by atoms with Gasteiger partial charge in [-0.1, -0.05) is 13.0 Å². The maximum atomic E-state index is 12.8. The summed E-state index contributed by atoms with van der Waals surface area (Å²) in [4.78, 5) is 37.3. The third kappa shape index (κ3) is 4.48. The number of hydrogen-bond donors (Lipinski definition) is 1. The molecule has 0 aliphatic heterocycles. The van der Waals surface area contributed by atoms with E-state index in [-0.39, 0.29) is 17.4 Å². The van der Waals surface area contributed by atoms with Crippen molar-refractivity contribution in [1.82, 2.24) is 0 Å². The minimum atomic E-state index is -0.511. The van der Waals surface area contributed by atoms with Crippen LogP contribution in [0.1, 0.15) is 63.9 Å². The highest BCUT2D eigenvalue weighted by Gasteiger charge is 2.30. The average Bonchev–Trinajstić information content (AvgIpc) is 2.97. The first kappa shape index (κ1) is 21.0. The number of rotatable bonds is 5. The molecule has 0 fully saturated rings. The summed E-state index contributed by atoms with van der Waals surface area (Å²) >= 11 is 1.39. The number of hydrogen-bond acceptors (Lipinski definition) is 6. The highest BCUT2D eigenvalue weighted by Crippen LogP contribution is 2.40. The maximum Gasteiger partial charge on any atom is 0.341 e. The lowest BCUT2D eigenvalue weighted by Gasteiger charge is -2.18. The molecule has 0 radical (unpaired) electrons. The van der Waals surface area contributed by atoms with Crippen molar-refractivity contribution < 1.29 is 19.2 Å². The van der Waals surface area contributed by atoms with E-state index >= 15 is 0 Å². The molecule has 1 unspecified atom stereocenters. The van der Waals surface area contributed by atoms with Crippen molar-refractivity contribution in [2.75, 3.05) is 5.32 Å². The quantitative estimate of drug-likeness (QED) is 0.424. The number of nitrogens with one attached hydrogen (secondary N) is 1. The first-order chi connectivity index (χ1) is 13.7. The number of benzene rings is 1. The number of carbonyl (C=O) groups excluding carboxylic acids is 2. The van der Waals surface area contributed by atoms with Gasteiger partial charge in [-0.05, 0) is 57.6 Å². The van der Waals surface area contributed by atoms with Crippen LogP contribution in [0.4, 0.5) is 10.7 Å². The van der Waals surface area contributed by atoms with Gasteiger partial charge in [0, 0.05) is 22.1 Å². The van der Waals surface area contributed by atoms with Crippen LogP contribution in [0.5, 0.6) is 0 Å². The molecule has 29 heavy (non-hydrogen) atoms. The third-order valence-electron chi connectivity index (χ3n) is 4.95. The second-order valence-electron chi connectivity index (χ2n) is 7.72. The zero-order valence-corrected chi connectivity index (χ0v) is 17.7. The molecule has 1 heterocycles. The summed E-state index contributed by atoms with van der Waals surface area (Å²) in [5.74, 6) is -0.422. The Kier molecular flexibility index (Phi) is 6.02. The van der Waals surface area contributed by atoms with E-state index in [9.17, 15) is 19.7 Å². The molecule has 3 rings (SSSR count). The number of nitro benzene ring substituents is 1. The lowest BCUT2D eigenvalue weighted by Crippen LogP contribution is -2.18. The van der Waals surface area contributed by atoms with E-state index in [1.807, 2.05) is 0 Å². The van der Waals surface area contributed by atoms with Crippen molar-refractivity contribution in [1.29, 1.82) is 0 Å². The van der Waals surface area contributed by atoms with Gasteiger partial charge in [0.15, 0.2) is 0 Å². The monoisotopic (exact) mass is 416 g/mol. The zero-order chi connectivity index (χ0) is 21.3. The van der Waals surface area contributed by atoms with Crippen molar-refractivity contribution in [3.8, 4) is 0 Å². The molecule has 1 aromatic carbocycles. The van der Waals surface area contributed by atoms with Crippen molar-refractivity contribution in [3.05, 3.63) is 55.4 Å². The van der Waals surface area contributed by atoms with Crippen molar-refractivity contribution in [2.24, 2.45) is 5.92 Å². The number of nitrogens with zero attached hydrogens (tertiary/aromatic N) is 1. The van der Waals surface area contributed by atoms with E-state index in [4.69, 9.17) is 4.74 Å². The Hall–Kier alpha value is -2.74. The average molecular weight is 416 g/mol. The van der Waals surface area contributed by atoms with Gasteiger partial charge in [0.05, 0.1) is 16.6 Å². The highest BCUT2D eigenvalue weighted by atomic mass is 32.1. The second kappa shape index (κ2) is 8.32. The molecule has 154 valence electrons. The van der Waals surface area contributed by atoms with Crippen LogP contribution in [0.3, 0.4) is 0 Å². The Morgan fingerprint density at radius 1 is 1.34 bits per heavy atom. The Morgan fingerprint density at radius 2 is 2.07 bits per heavy atom. The molecule has 0 saturated carbocycles. The van der Waals surface area contributed by atoms with Gasteiger partial charge < -0.3 is 10.1 Å². The molecule has 1 atom stereocenters. The van der Waals surface area contributed by atoms with E-state index < -0.39 is 16.8 Å². The van der Waals surface area contributed by atoms with Crippen LogP contribution in [-0.2, 0) is 17.6 Å². The van der Waals surface area contributed by atoms with Gasteiger partial charge in [-0.2, -0.15) is 0 Å². The summed E-state index contributed by atoms with van der Waals surface area (Å²) in [6, 6.07) is 4.34. The maximum absolute atomic E-state index is 12.8. The fourth-order valence-corrected chi connectivity index (χ4v) is 4.84. The van der Waals surface area contributed by atoms with Crippen molar-refractivity contribution >= 4 is 33.9 Å². The van der Waals surface area contributed by atoms with Gasteiger partial charge in [0.1, 0.15) is 5.00 Å². The Labute approximate surface area is 173 Å². The number of amides is 1. The molecule has 1 N–H and O–H groups in total. The van der Waals surface area contributed by atoms with Gasteiger partial charge in [0.25, 0.3) is 11.6 Å². The summed E-state index contributed by atoms with van der Waals surface area (Å²) < 4.78 is 5.41. The van der Waals surface area contributed by atoms with Gasteiger partial charge in [0.2, 0.25) is 0 Å². The number of nitro groups is 1. The molecular formula is C21H24N2O5S. The van der Waals surface area contributed by atoms with Crippen molar-refractivity contribution in [3.63, 3.8) is 0 Å². The predicted octanol–water partition coefficient (Wildman–Crippen LogP) is 4.91. The van der Waals surface area contributed by atoms with Gasteiger partial charge >= 0.3 is 5.97 Å². The van der Waals surface area contributed by atoms with E-state index in [1.54, 1.807) is 32.9 Å². The standard InChI is InChI=1S/C21H24N2O5S/c1-11(2)28-21(25)18-15-8-5-12(3)9-17(15)29-20(18)22-19(24)14-7-6-13(4)16(10-14)23(26)27/h6-7,10-12H,5,8-9H2,1-4H3,(H,22,24). The fraction of sp³-hybridized carbons (Fsp3) is 0.429. The first-order valence-corrected chi connectivity index (χ1v) is 10.4. The van der Waals surface area contributed by atoms with E-state index in [0.717, 1.165) is 29.7 Å². The normalized spacial score (nSPS) is 15.7. The van der Waals surface area contributed by atoms with E-state index in [2.05, 4.69) is 12.2 Å². The summed E-state index contributed by atoms with van der Waals surface area (Å²) in [6.07, 6.45) is 2.32. The highest BCUT2D eigenvalue weighted by molar-refractivity contribution is 7.17. The number of esters is 1.